The van der Waals surface area contributed by atoms with Crippen LogP contribution in [0.25, 0.3) is 0 Å². The first-order chi connectivity index (χ1) is 6.66. The quantitative estimate of drug-likeness (QED) is 0.669. The summed E-state index contributed by atoms with van der Waals surface area (Å²) >= 11 is 1.19. The Kier molecular flexibility index (Phi) is 9.19. The standard InChI is InChI=1S/C10H21NO2S/c1-9(2)5-4-7-13-8-6-11-10(12)14-3/h9H,4-8H2,1-3H3,(H,11,12). The lowest BCUT2D eigenvalue weighted by molar-refractivity contribution is 0.131. The molecule has 4 heteroatoms. The fourth-order valence-corrected chi connectivity index (χ4v) is 1.24. The van der Waals surface area contributed by atoms with E-state index in [9.17, 15) is 4.79 Å². The van der Waals surface area contributed by atoms with Gasteiger partial charge in [0.2, 0.25) is 0 Å². The van der Waals surface area contributed by atoms with Crippen molar-refractivity contribution in [2.45, 2.75) is 26.7 Å². The van der Waals surface area contributed by atoms with Crippen molar-refractivity contribution in [1.82, 2.24) is 5.32 Å². The molecular weight excluding hydrogens is 198 g/mol. The smallest absolute Gasteiger partial charge is 0.278 e. The van der Waals surface area contributed by atoms with Gasteiger partial charge in [-0.05, 0) is 25.0 Å². The van der Waals surface area contributed by atoms with E-state index in [1.54, 1.807) is 6.26 Å². The summed E-state index contributed by atoms with van der Waals surface area (Å²) in [5.41, 5.74) is 0. The first kappa shape index (κ1) is 13.8. The van der Waals surface area contributed by atoms with E-state index in [1.165, 1.54) is 18.2 Å². The Balaban J connectivity index is 3.03. The van der Waals surface area contributed by atoms with Gasteiger partial charge in [0.1, 0.15) is 0 Å². The van der Waals surface area contributed by atoms with E-state index < -0.39 is 0 Å². The molecule has 0 aliphatic heterocycles. The van der Waals surface area contributed by atoms with Gasteiger partial charge >= 0.3 is 0 Å². The molecule has 0 saturated heterocycles. The Morgan fingerprint density at radius 2 is 2.14 bits per heavy atom. The van der Waals surface area contributed by atoms with Crippen LogP contribution in [-0.2, 0) is 4.74 Å². The Morgan fingerprint density at radius 1 is 1.43 bits per heavy atom. The topological polar surface area (TPSA) is 38.3 Å². The molecule has 0 aliphatic carbocycles. The van der Waals surface area contributed by atoms with Gasteiger partial charge < -0.3 is 10.1 Å². The molecule has 0 spiro atoms. The minimum absolute atomic E-state index is 0.00998. The first-order valence-electron chi connectivity index (χ1n) is 5.06. The second kappa shape index (κ2) is 9.34. The summed E-state index contributed by atoms with van der Waals surface area (Å²) in [6.07, 6.45) is 4.07. The molecule has 0 rings (SSSR count). The molecule has 0 bridgehead atoms. The molecule has 0 saturated carbocycles. The molecule has 84 valence electrons. The first-order valence-corrected chi connectivity index (χ1v) is 6.29. The number of nitrogens with one attached hydrogen (secondary N) is 1. The average Bonchev–Trinajstić information content (AvgIpc) is 2.15. The van der Waals surface area contributed by atoms with E-state index in [2.05, 4.69) is 19.2 Å². The van der Waals surface area contributed by atoms with Crippen molar-refractivity contribution < 1.29 is 9.53 Å². The Labute approximate surface area is 91.0 Å². The maximum Gasteiger partial charge on any atom is 0.278 e. The summed E-state index contributed by atoms with van der Waals surface area (Å²) < 4.78 is 5.35. The molecule has 1 amide bonds. The third-order valence-electron chi connectivity index (χ3n) is 1.77. The molecule has 0 atom stereocenters. The van der Waals surface area contributed by atoms with E-state index in [0.717, 1.165) is 18.9 Å². The zero-order valence-electron chi connectivity index (χ0n) is 9.34. The lowest BCUT2D eigenvalue weighted by Gasteiger charge is -2.06. The van der Waals surface area contributed by atoms with Gasteiger partial charge in [-0.1, -0.05) is 25.6 Å². The van der Waals surface area contributed by atoms with Gasteiger partial charge in [0.05, 0.1) is 6.61 Å². The predicted octanol–water partition coefficient (Wildman–Crippen LogP) is 2.51. The van der Waals surface area contributed by atoms with Crippen molar-refractivity contribution in [2.75, 3.05) is 26.0 Å². The molecule has 0 aliphatic rings. The van der Waals surface area contributed by atoms with Crippen LogP contribution in [0.5, 0.6) is 0 Å². The van der Waals surface area contributed by atoms with E-state index in [-0.39, 0.29) is 5.24 Å². The zero-order valence-corrected chi connectivity index (χ0v) is 10.2. The minimum Gasteiger partial charge on any atom is -0.380 e. The van der Waals surface area contributed by atoms with Gasteiger partial charge in [-0.3, -0.25) is 4.79 Å². The SMILES string of the molecule is CSC(=O)NCCOCCCC(C)C. The second-order valence-electron chi connectivity index (χ2n) is 3.57. The molecular formula is C10H21NO2S. The van der Waals surface area contributed by atoms with Gasteiger partial charge in [0.15, 0.2) is 0 Å². The number of thioether (sulfide) groups is 1. The van der Waals surface area contributed by atoms with Crippen molar-refractivity contribution >= 4 is 17.0 Å². The van der Waals surface area contributed by atoms with Gasteiger partial charge in [0, 0.05) is 13.2 Å². The predicted molar refractivity (Wildman–Crippen MR) is 61.8 cm³/mol. The van der Waals surface area contributed by atoms with Crippen LogP contribution in [-0.4, -0.2) is 31.3 Å². The maximum atomic E-state index is 10.8. The summed E-state index contributed by atoms with van der Waals surface area (Å²) in [6.45, 7) is 6.44. The number of hydrogen-bond donors (Lipinski definition) is 1. The largest absolute Gasteiger partial charge is 0.380 e. The van der Waals surface area contributed by atoms with Gasteiger partial charge in [-0.2, -0.15) is 0 Å². The van der Waals surface area contributed by atoms with Gasteiger partial charge in [-0.15, -0.1) is 0 Å². The number of rotatable bonds is 7. The van der Waals surface area contributed by atoms with Crippen molar-refractivity contribution in [3.8, 4) is 0 Å². The van der Waals surface area contributed by atoms with E-state index in [0.29, 0.717) is 13.2 Å². The normalized spacial score (nSPS) is 10.6. The van der Waals surface area contributed by atoms with Crippen LogP contribution in [0.3, 0.4) is 0 Å². The molecule has 0 fully saturated rings. The summed E-state index contributed by atoms with van der Waals surface area (Å²) in [5, 5.41) is 2.74. The summed E-state index contributed by atoms with van der Waals surface area (Å²) in [7, 11) is 0. The molecule has 0 aromatic carbocycles. The lowest BCUT2D eigenvalue weighted by atomic mass is 10.1. The van der Waals surface area contributed by atoms with Crippen LogP contribution in [0.15, 0.2) is 0 Å². The monoisotopic (exact) mass is 219 g/mol. The third kappa shape index (κ3) is 9.86. The summed E-state index contributed by atoms with van der Waals surface area (Å²) in [4.78, 5) is 10.8. The highest BCUT2D eigenvalue weighted by Gasteiger charge is 1.96. The van der Waals surface area contributed by atoms with Gasteiger partial charge in [0.25, 0.3) is 5.24 Å². The van der Waals surface area contributed by atoms with Crippen LogP contribution >= 0.6 is 11.8 Å². The summed E-state index contributed by atoms with van der Waals surface area (Å²) in [6, 6.07) is 0. The average molecular weight is 219 g/mol. The molecule has 0 unspecified atom stereocenters. The Morgan fingerprint density at radius 3 is 2.71 bits per heavy atom. The van der Waals surface area contributed by atoms with Crippen LogP contribution in [0, 0.1) is 5.92 Å². The fraction of sp³-hybridized carbons (Fsp3) is 0.900. The minimum atomic E-state index is 0.00998. The molecule has 0 radical (unpaired) electrons. The van der Waals surface area contributed by atoms with Crippen molar-refractivity contribution in [1.29, 1.82) is 0 Å². The number of amides is 1. The summed E-state index contributed by atoms with van der Waals surface area (Å²) in [5.74, 6) is 0.745. The highest BCUT2D eigenvalue weighted by Crippen LogP contribution is 2.02. The molecule has 14 heavy (non-hydrogen) atoms. The van der Waals surface area contributed by atoms with Crippen molar-refractivity contribution in [3.63, 3.8) is 0 Å². The number of carbonyl (C=O) groups excluding carboxylic acids is 1. The molecule has 0 aromatic heterocycles. The van der Waals surface area contributed by atoms with E-state index in [4.69, 9.17) is 4.74 Å². The molecule has 0 heterocycles. The highest BCUT2D eigenvalue weighted by molar-refractivity contribution is 8.12. The number of ether oxygens (including phenoxy) is 1. The Hall–Kier alpha value is -0.220. The highest BCUT2D eigenvalue weighted by atomic mass is 32.2. The van der Waals surface area contributed by atoms with E-state index in [1.807, 2.05) is 0 Å². The van der Waals surface area contributed by atoms with E-state index >= 15 is 0 Å². The zero-order chi connectivity index (χ0) is 10.8. The van der Waals surface area contributed by atoms with Gasteiger partial charge in [-0.25, -0.2) is 0 Å². The Bertz CT molecular complexity index is 151. The van der Waals surface area contributed by atoms with Crippen LogP contribution in [0.4, 0.5) is 4.79 Å². The van der Waals surface area contributed by atoms with Crippen molar-refractivity contribution in [3.05, 3.63) is 0 Å². The van der Waals surface area contributed by atoms with Crippen LogP contribution < -0.4 is 5.32 Å². The molecule has 0 aromatic rings. The van der Waals surface area contributed by atoms with Crippen molar-refractivity contribution in [2.24, 2.45) is 5.92 Å². The molecule has 1 N–H and O–H groups in total. The fourth-order valence-electron chi connectivity index (χ4n) is 0.993. The molecule has 3 nitrogen and oxygen atoms in total. The number of carbonyl (C=O) groups is 1. The van der Waals surface area contributed by atoms with Crippen LogP contribution in [0.2, 0.25) is 0 Å². The lowest BCUT2D eigenvalue weighted by Crippen LogP contribution is -2.23. The second-order valence-corrected chi connectivity index (χ2v) is 4.35. The number of hydrogen-bond acceptors (Lipinski definition) is 3. The van der Waals surface area contributed by atoms with Crippen LogP contribution in [0.1, 0.15) is 26.7 Å². The maximum absolute atomic E-state index is 10.8. The third-order valence-corrected chi connectivity index (χ3v) is 2.29.